The minimum absolute atomic E-state index is 0.111. The zero-order valence-corrected chi connectivity index (χ0v) is 12.8. The van der Waals surface area contributed by atoms with E-state index in [1.165, 1.54) is 11.1 Å². The molecule has 2 rings (SSSR count). The van der Waals surface area contributed by atoms with E-state index >= 15 is 0 Å². The van der Waals surface area contributed by atoms with Crippen molar-refractivity contribution in [3.8, 4) is 0 Å². The van der Waals surface area contributed by atoms with Crippen molar-refractivity contribution in [3.05, 3.63) is 71.8 Å². The fourth-order valence-electron chi connectivity index (χ4n) is 2.49. The van der Waals surface area contributed by atoms with E-state index < -0.39 is 0 Å². The first-order chi connectivity index (χ1) is 10.1. The summed E-state index contributed by atoms with van der Waals surface area (Å²) in [5.41, 5.74) is 2.22. The monoisotopic (exact) mass is 281 g/mol. The maximum atomic E-state index is 12.1. The number of carbonyl (C=O) groups excluding carboxylic acids is 1. The van der Waals surface area contributed by atoms with Gasteiger partial charge in [-0.15, -0.1) is 0 Å². The zero-order valence-electron chi connectivity index (χ0n) is 12.8. The van der Waals surface area contributed by atoms with E-state index in [0.29, 0.717) is 6.42 Å². The molecule has 0 aliphatic rings. The molecule has 0 saturated carbocycles. The first-order valence-corrected chi connectivity index (χ1v) is 7.44. The Hall–Kier alpha value is -2.09. The fourth-order valence-corrected chi connectivity index (χ4v) is 2.49. The van der Waals surface area contributed by atoms with Gasteiger partial charge in [0.1, 0.15) is 0 Å². The normalized spacial score (nSPS) is 11.1. The summed E-state index contributed by atoms with van der Waals surface area (Å²) in [6.07, 6.45) is 2.15. The van der Waals surface area contributed by atoms with Gasteiger partial charge in [0, 0.05) is 12.0 Å². The van der Waals surface area contributed by atoms with Crippen LogP contribution in [0.3, 0.4) is 0 Å². The number of amides is 1. The van der Waals surface area contributed by atoms with E-state index in [-0.39, 0.29) is 11.4 Å². The summed E-state index contributed by atoms with van der Waals surface area (Å²) in [6.45, 7) is 4.14. The third-order valence-corrected chi connectivity index (χ3v) is 3.45. The van der Waals surface area contributed by atoms with Gasteiger partial charge < -0.3 is 5.32 Å². The van der Waals surface area contributed by atoms with Gasteiger partial charge in [-0.1, -0.05) is 60.7 Å². The molecule has 0 saturated heterocycles. The van der Waals surface area contributed by atoms with Crippen LogP contribution in [0.5, 0.6) is 0 Å². The van der Waals surface area contributed by atoms with Crippen LogP contribution in [0.1, 0.15) is 31.4 Å². The van der Waals surface area contributed by atoms with Crippen LogP contribution < -0.4 is 5.32 Å². The van der Waals surface area contributed by atoms with Crippen molar-refractivity contribution in [1.82, 2.24) is 5.32 Å². The first kappa shape index (κ1) is 15.3. The van der Waals surface area contributed by atoms with Crippen LogP contribution in [0.15, 0.2) is 60.7 Å². The largest absolute Gasteiger partial charge is 0.351 e. The lowest BCUT2D eigenvalue weighted by Gasteiger charge is -2.26. The average Bonchev–Trinajstić information content (AvgIpc) is 2.46. The summed E-state index contributed by atoms with van der Waals surface area (Å²) in [4.78, 5) is 12.1. The molecule has 0 bridgehead atoms. The fraction of sp³-hybridized carbons (Fsp3) is 0.316. The molecule has 2 aromatic rings. The van der Waals surface area contributed by atoms with Gasteiger partial charge in [-0.2, -0.15) is 0 Å². The topological polar surface area (TPSA) is 29.1 Å². The van der Waals surface area contributed by atoms with Crippen molar-refractivity contribution in [1.29, 1.82) is 0 Å². The highest BCUT2D eigenvalue weighted by atomic mass is 16.1. The SMILES string of the molecule is CC(C)(Cc1ccccc1)NC(=O)CCc1ccccc1. The van der Waals surface area contributed by atoms with E-state index in [4.69, 9.17) is 0 Å². The molecular formula is C19H23NO. The molecule has 1 amide bonds. The van der Waals surface area contributed by atoms with Gasteiger partial charge in [0.05, 0.1) is 0 Å². The Bertz CT molecular complexity index is 561. The Morgan fingerprint density at radius 3 is 2.00 bits per heavy atom. The minimum Gasteiger partial charge on any atom is -0.351 e. The molecule has 0 heterocycles. The van der Waals surface area contributed by atoms with Gasteiger partial charge in [-0.05, 0) is 37.8 Å². The van der Waals surface area contributed by atoms with Crippen LogP contribution in [0.2, 0.25) is 0 Å². The van der Waals surface area contributed by atoms with Gasteiger partial charge in [-0.3, -0.25) is 4.79 Å². The maximum absolute atomic E-state index is 12.1. The highest BCUT2D eigenvalue weighted by Gasteiger charge is 2.20. The second-order valence-corrected chi connectivity index (χ2v) is 6.08. The molecule has 2 heteroatoms. The number of hydrogen-bond acceptors (Lipinski definition) is 1. The molecule has 0 radical (unpaired) electrons. The van der Waals surface area contributed by atoms with Crippen LogP contribution in [-0.4, -0.2) is 11.4 Å². The first-order valence-electron chi connectivity index (χ1n) is 7.44. The minimum atomic E-state index is -0.227. The van der Waals surface area contributed by atoms with E-state index in [0.717, 1.165) is 12.8 Å². The number of hydrogen-bond donors (Lipinski definition) is 1. The average molecular weight is 281 g/mol. The molecule has 2 nitrogen and oxygen atoms in total. The van der Waals surface area contributed by atoms with Crippen molar-refractivity contribution in [3.63, 3.8) is 0 Å². The summed E-state index contributed by atoms with van der Waals surface area (Å²) in [5.74, 6) is 0.111. The van der Waals surface area contributed by atoms with Crippen molar-refractivity contribution in [2.45, 2.75) is 38.6 Å². The predicted octanol–water partition coefficient (Wildman–Crippen LogP) is 3.76. The van der Waals surface area contributed by atoms with Gasteiger partial charge in [0.2, 0.25) is 5.91 Å². The molecule has 0 aliphatic carbocycles. The molecule has 2 aromatic carbocycles. The number of rotatable bonds is 6. The molecule has 0 aromatic heterocycles. The van der Waals surface area contributed by atoms with E-state index in [1.807, 2.05) is 36.4 Å². The van der Waals surface area contributed by atoms with Crippen LogP contribution in [-0.2, 0) is 17.6 Å². The predicted molar refractivity (Wildman–Crippen MR) is 87.1 cm³/mol. The van der Waals surface area contributed by atoms with Crippen LogP contribution in [0, 0.1) is 0 Å². The van der Waals surface area contributed by atoms with Gasteiger partial charge in [0.25, 0.3) is 0 Å². The summed E-state index contributed by atoms with van der Waals surface area (Å²) >= 11 is 0. The quantitative estimate of drug-likeness (QED) is 0.858. The maximum Gasteiger partial charge on any atom is 0.220 e. The molecule has 0 spiro atoms. The Morgan fingerprint density at radius 1 is 0.905 bits per heavy atom. The molecule has 110 valence electrons. The summed E-state index contributed by atoms with van der Waals surface area (Å²) in [5, 5.41) is 3.14. The zero-order chi connectivity index (χ0) is 15.1. The molecular weight excluding hydrogens is 258 g/mol. The Balaban J connectivity index is 1.83. The van der Waals surface area contributed by atoms with Gasteiger partial charge in [-0.25, -0.2) is 0 Å². The van der Waals surface area contributed by atoms with Crippen LogP contribution in [0.25, 0.3) is 0 Å². The highest BCUT2D eigenvalue weighted by molar-refractivity contribution is 5.77. The van der Waals surface area contributed by atoms with Crippen LogP contribution >= 0.6 is 0 Å². The molecule has 0 fully saturated rings. The van der Waals surface area contributed by atoms with E-state index in [1.54, 1.807) is 0 Å². The van der Waals surface area contributed by atoms with Crippen molar-refractivity contribution >= 4 is 5.91 Å². The standard InChI is InChI=1S/C19H23NO/c1-19(2,15-17-11-7-4-8-12-17)20-18(21)14-13-16-9-5-3-6-10-16/h3-12H,13-15H2,1-2H3,(H,20,21). The lowest BCUT2D eigenvalue weighted by atomic mass is 9.94. The summed E-state index contributed by atoms with van der Waals surface area (Å²) in [7, 11) is 0. The highest BCUT2D eigenvalue weighted by Crippen LogP contribution is 2.13. The number of aryl methyl sites for hydroxylation is 1. The van der Waals surface area contributed by atoms with E-state index in [9.17, 15) is 4.79 Å². The summed E-state index contributed by atoms with van der Waals surface area (Å²) < 4.78 is 0. The van der Waals surface area contributed by atoms with E-state index in [2.05, 4.69) is 43.4 Å². The summed E-state index contributed by atoms with van der Waals surface area (Å²) in [6, 6.07) is 20.4. The second kappa shape index (κ2) is 7.07. The lowest BCUT2D eigenvalue weighted by Crippen LogP contribution is -2.45. The molecule has 0 aliphatic heterocycles. The van der Waals surface area contributed by atoms with Crippen molar-refractivity contribution in [2.24, 2.45) is 0 Å². The van der Waals surface area contributed by atoms with Gasteiger partial charge in [0.15, 0.2) is 0 Å². The molecule has 0 atom stereocenters. The molecule has 1 N–H and O–H groups in total. The second-order valence-electron chi connectivity index (χ2n) is 6.08. The smallest absolute Gasteiger partial charge is 0.220 e. The number of nitrogens with one attached hydrogen (secondary N) is 1. The molecule has 21 heavy (non-hydrogen) atoms. The third kappa shape index (κ3) is 5.42. The Kier molecular flexibility index (Phi) is 5.15. The van der Waals surface area contributed by atoms with Crippen LogP contribution in [0.4, 0.5) is 0 Å². The van der Waals surface area contributed by atoms with Crippen molar-refractivity contribution in [2.75, 3.05) is 0 Å². The Morgan fingerprint density at radius 2 is 1.43 bits per heavy atom. The number of carbonyl (C=O) groups is 1. The number of benzene rings is 2. The lowest BCUT2D eigenvalue weighted by molar-refractivity contribution is -0.122. The van der Waals surface area contributed by atoms with Crippen molar-refractivity contribution < 1.29 is 4.79 Å². The Labute approximate surface area is 127 Å². The third-order valence-electron chi connectivity index (χ3n) is 3.45. The van der Waals surface area contributed by atoms with Gasteiger partial charge >= 0.3 is 0 Å². The molecule has 0 unspecified atom stereocenters.